The van der Waals surface area contributed by atoms with Crippen molar-refractivity contribution < 1.29 is 8.42 Å². The highest BCUT2D eigenvalue weighted by Gasteiger charge is 2.22. The van der Waals surface area contributed by atoms with E-state index >= 15 is 0 Å². The summed E-state index contributed by atoms with van der Waals surface area (Å²) in [6.07, 6.45) is 3.56. The van der Waals surface area contributed by atoms with Crippen LogP contribution >= 0.6 is 0 Å². The molecule has 0 atom stereocenters. The minimum atomic E-state index is -3.04. The quantitative estimate of drug-likeness (QED) is 0.561. The first-order valence-corrected chi connectivity index (χ1v) is 7.51. The van der Waals surface area contributed by atoms with Crippen molar-refractivity contribution in [1.82, 2.24) is 9.62 Å². The van der Waals surface area contributed by atoms with Gasteiger partial charge in [-0.25, -0.2) is 8.42 Å². The van der Waals surface area contributed by atoms with Crippen molar-refractivity contribution in [1.29, 1.82) is 0 Å². The van der Waals surface area contributed by atoms with Crippen molar-refractivity contribution in [3.8, 4) is 0 Å². The Balaban J connectivity index is 2.39. The zero-order valence-electron chi connectivity index (χ0n) is 10.2. The molecule has 5 heteroatoms. The second-order valence-corrected chi connectivity index (χ2v) is 6.27. The van der Waals surface area contributed by atoms with E-state index in [4.69, 9.17) is 0 Å². The summed E-state index contributed by atoms with van der Waals surface area (Å²) in [4.78, 5) is 0. The second-order valence-electron chi connectivity index (χ2n) is 4.18. The van der Waals surface area contributed by atoms with Gasteiger partial charge in [0.2, 0.25) is 10.0 Å². The van der Waals surface area contributed by atoms with Crippen molar-refractivity contribution in [2.24, 2.45) is 0 Å². The number of rotatable bonds is 6. The number of hydrogen-bond donors (Lipinski definition) is 1. The molecule has 16 heavy (non-hydrogen) atoms. The third-order valence-corrected chi connectivity index (χ3v) is 4.72. The topological polar surface area (TPSA) is 49.4 Å². The lowest BCUT2D eigenvalue weighted by atomic mass is 10.1. The molecule has 1 heterocycles. The molecule has 0 aromatic carbocycles. The lowest BCUT2D eigenvalue weighted by Gasteiger charge is -2.24. The van der Waals surface area contributed by atoms with E-state index in [0.29, 0.717) is 19.5 Å². The summed E-state index contributed by atoms with van der Waals surface area (Å²) >= 11 is 0. The first-order valence-electron chi connectivity index (χ1n) is 5.90. The standard InChI is InChI=1S/C11H22N2O2S/c1-3-12-7-4-10-16(14,15)13-8-5-11(2)6-9-13/h5,12H,3-4,6-10H2,1-2H3. The first-order chi connectivity index (χ1) is 7.56. The van der Waals surface area contributed by atoms with Crippen molar-refractivity contribution in [2.45, 2.75) is 26.7 Å². The highest BCUT2D eigenvalue weighted by Crippen LogP contribution is 2.13. The fourth-order valence-corrected chi connectivity index (χ4v) is 3.13. The molecule has 1 rings (SSSR count). The fraction of sp³-hybridized carbons (Fsp3) is 0.818. The average molecular weight is 246 g/mol. The molecule has 94 valence electrons. The summed E-state index contributed by atoms with van der Waals surface area (Å²) in [7, 11) is -3.04. The van der Waals surface area contributed by atoms with Crippen LogP contribution in [0.15, 0.2) is 11.6 Å². The number of hydrogen-bond acceptors (Lipinski definition) is 3. The maximum absolute atomic E-state index is 11.9. The van der Waals surface area contributed by atoms with Gasteiger partial charge >= 0.3 is 0 Å². The van der Waals surface area contributed by atoms with Crippen LogP contribution in [-0.4, -0.2) is 44.7 Å². The molecule has 0 spiro atoms. The van der Waals surface area contributed by atoms with Crippen LogP contribution in [-0.2, 0) is 10.0 Å². The van der Waals surface area contributed by atoms with Crippen LogP contribution in [0, 0.1) is 0 Å². The molecule has 4 nitrogen and oxygen atoms in total. The molecule has 1 aliphatic heterocycles. The summed E-state index contributed by atoms with van der Waals surface area (Å²) in [5.41, 5.74) is 1.29. The van der Waals surface area contributed by atoms with Gasteiger partial charge in [-0.1, -0.05) is 18.6 Å². The molecule has 0 aromatic heterocycles. The van der Waals surface area contributed by atoms with E-state index < -0.39 is 10.0 Å². The molecule has 0 unspecified atom stereocenters. The van der Waals surface area contributed by atoms with Gasteiger partial charge in [-0.15, -0.1) is 0 Å². The van der Waals surface area contributed by atoms with Crippen molar-refractivity contribution in [3.05, 3.63) is 11.6 Å². The van der Waals surface area contributed by atoms with Gasteiger partial charge in [0.15, 0.2) is 0 Å². The maximum atomic E-state index is 11.9. The van der Waals surface area contributed by atoms with Crippen LogP contribution < -0.4 is 5.32 Å². The van der Waals surface area contributed by atoms with Gasteiger partial charge in [-0.05, 0) is 32.9 Å². The summed E-state index contributed by atoms with van der Waals surface area (Å²) in [5.74, 6) is 0.257. The highest BCUT2D eigenvalue weighted by atomic mass is 32.2. The molecule has 0 saturated heterocycles. The Morgan fingerprint density at radius 3 is 2.81 bits per heavy atom. The molecule has 1 aliphatic rings. The Labute approximate surface area is 98.8 Å². The van der Waals surface area contributed by atoms with Crippen LogP contribution in [0.3, 0.4) is 0 Å². The third kappa shape index (κ3) is 4.23. The number of nitrogens with one attached hydrogen (secondary N) is 1. The van der Waals surface area contributed by atoms with Crippen LogP contribution in [0.1, 0.15) is 26.7 Å². The Morgan fingerprint density at radius 1 is 1.50 bits per heavy atom. The minimum absolute atomic E-state index is 0.257. The molecule has 0 aromatic rings. The summed E-state index contributed by atoms with van der Waals surface area (Å²) in [5, 5.41) is 3.14. The highest BCUT2D eigenvalue weighted by molar-refractivity contribution is 7.89. The Kier molecular flexibility index (Phi) is 5.44. The van der Waals surface area contributed by atoms with Gasteiger partial charge in [0.25, 0.3) is 0 Å². The van der Waals surface area contributed by atoms with E-state index in [9.17, 15) is 8.42 Å². The van der Waals surface area contributed by atoms with Crippen molar-refractivity contribution >= 4 is 10.0 Å². The van der Waals surface area contributed by atoms with Crippen molar-refractivity contribution in [2.75, 3.05) is 31.9 Å². The van der Waals surface area contributed by atoms with E-state index in [-0.39, 0.29) is 5.75 Å². The number of nitrogens with zero attached hydrogens (tertiary/aromatic N) is 1. The first kappa shape index (κ1) is 13.7. The minimum Gasteiger partial charge on any atom is -0.317 e. The predicted octanol–water partition coefficient (Wildman–Crippen LogP) is 0.968. The lowest BCUT2D eigenvalue weighted by molar-refractivity contribution is 0.430. The SMILES string of the molecule is CCNCCCS(=O)(=O)N1CC=C(C)CC1. The van der Waals surface area contributed by atoms with Crippen LogP contribution in [0.4, 0.5) is 0 Å². The van der Waals surface area contributed by atoms with Gasteiger partial charge < -0.3 is 5.32 Å². The van der Waals surface area contributed by atoms with Crippen molar-refractivity contribution in [3.63, 3.8) is 0 Å². The van der Waals surface area contributed by atoms with E-state index in [0.717, 1.165) is 19.5 Å². The second kappa shape index (κ2) is 6.37. The summed E-state index contributed by atoms with van der Waals surface area (Å²) in [6, 6.07) is 0. The fourth-order valence-electron chi connectivity index (χ4n) is 1.69. The number of sulfonamides is 1. The monoisotopic (exact) mass is 246 g/mol. The van der Waals surface area contributed by atoms with E-state index in [1.54, 1.807) is 4.31 Å². The molecule has 0 saturated carbocycles. The predicted molar refractivity (Wildman–Crippen MR) is 66.9 cm³/mol. The van der Waals surface area contributed by atoms with Crippen LogP contribution in [0.25, 0.3) is 0 Å². The molecule has 1 N–H and O–H groups in total. The van der Waals surface area contributed by atoms with E-state index in [2.05, 4.69) is 12.2 Å². The molecule has 0 aliphatic carbocycles. The van der Waals surface area contributed by atoms with Gasteiger partial charge in [-0.2, -0.15) is 4.31 Å². The zero-order valence-corrected chi connectivity index (χ0v) is 11.0. The molecule has 0 fully saturated rings. The zero-order chi connectivity index (χ0) is 12.0. The Bertz CT molecular complexity index is 336. The lowest BCUT2D eigenvalue weighted by Crippen LogP contribution is -2.36. The molecule has 0 bridgehead atoms. The molecular weight excluding hydrogens is 224 g/mol. The third-order valence-electron chi connectivity index (χ3n) is 2.80. The molecule has 0 amide bonds. The van der Waals surface area contributed by atoms with Crippen LogP contribution in [0.5, 0.6) is 0 Å². The molecular formula is C11H22N2O2S. The smallest absolute Gasteiger partial charge is 0.214 e. The van der Waals surface area contributed by atoms with Gasteiger partial charge in [-0.3, -0.25) is 0 Å². The summed E-state index contributed by atoms with van der Waals surface area (Å²) in [6.45, 7) is 6.94. The average Bonchev–Trinajstić information content (AvgIpc) is 2.25. The Hall–Kier alpha value is -0.390. The molecule has 0 radical (unpaired) electrons. The summed E-state index contributed by atoms with van der Waals surface area (Å²) < 4.78 is 25.4. The van der Waals surface area contributed by atoms with E-state index in [1.807, 2.05) is 13.0 Å². The van der Waals surface area contributed by atoms with Crippen LogP contribution in [0.2, 0.25) is 0 Å². The van der Waals surface area contributed by atoms with Gasteiger partial charge in [0.1, 0.15) is 0 Å². The largest absolute Gasteiger partial charge is 0.317 e. The van der Waals surface area contributed by atoms with Gasteiger partial charge in [0.05, 0.1) is 5.75 Å². The normalized spacial score (nSPS) is 18.5. The van der Waals surface area contributed by atoms with E-state index in [1.165, 1.54) is 5.57 Å². The van der Waals surface area contributed by atoms with Gasteiger partial charge in [0, 0.05) is 13.1 Å². The maximum Gasteiger partial charge on any atom is 0.214 e. The Morgan fingerprint density at radius 2 is 2.25 bits per heavy atom.